The molecule has 1 N–H and O–H groups in total. The number of alkyl halides is 1. The predicted octanol–water partition coefficient (Wildman–Crippen LogP) is 4.30. The summed E-state index contributed by atoms with van der Waals surface area (Å²) in [4.78, 5) is 4.31. The summed E-state index contributed by atoms with van der Waals surface area (Å²) in [6, 6.07) is 4.20. The predicted molar refractivity (Wildman–Crippen MR) is 74.1 cm³/mol. The van der Waals surface area contributed by atoms with Crippen molar-refractivity contribution >= 4 is 33.3 Å². The molecule has 0 aliphatic rings. The van der Waals surface area contributed by atoms with E-state index in [1.165, 1.54) is 0 Å². The molecule has 1 unspecified atom stereocenters. The van der Waals surface area contributed by atoms with Crippen LogP contribution >= 0.6 is 27.5 Å². The SMILES string of the molecule is CC(C)(C)C(CCCl)Nc1ncccc1Br. The maximum absolute atomic E-state index is 5.84. The Bertz CT molecular complexity index is 336. The summed E-state index contributed by atoms with van der Waals surface area (Å²) < 4.78 is 0.985. The van der Waals surface area contributed by atoms with Gasteiger partial charge in [-0.15, -0.1) is 11.6 Å². The van der Waals surface area contributed by atoms with Crippen LogP contribution in [0.3, 0.4) is 0 Å². The standard InChI is InChI=1S/C12H18BrClN2/c1-12(2,3)10(6-7-14)16-11-9(13)5-4-8-15-11/h4-5,8,10H,6-7H2,1-3H3,(H,15,16). The van der Waals surface area contributed by atoms with Gasteiger partial charge in [-0.2, -0.15) is 0 Å². The van der Waals surface area contributed by atoms with Crippen LogP contribution in [-0.4, -0.2) is 16.9 Å². The van der Waals surface area contributed by atoms with Crippen LogP contribution in [0.2, 0.25) is 0 Å². The summed E-state index contributed by atoms with van der Waals surface area (Å²) in [7, 11) is 0. The second-order valence-electron chi connectivity index (χ2n) is 4.87. The van der Waals surface area contributed by atoms with Crippen LogP contribution < -0.4 is 5.32 Å². The quantitative estimate of drug-likeness (QED) is 0.839. The normalized spacial score (nSPS) is 13.6. The molecule has 1 rings (SSSR count). The number of hydrogen-bond acceptors (Lipinski definition) is 2. The Balaban J connectivity index is 2.80. The Labute approximate surface area is 111 Å². The minimum absolute atomic E-state index is 0.159. The molecule has 0 saturated carbocycles. The maximum Gasteiger partial charge on any atom is 0.140 e. The van der Waals surface area contributed by atoms with Gasteiger partial charge in [0.05, 0.1) is 4.47 Å². The lowest BCUT2D eigenvalue weighted by molar-refractivity contribution is 0.334. The van der Waals surface area contributed by atoms with Gasteiger partial charge in [-0.25, -0.2) is 4.98 Å². The Morgan fingerprint density at radius 2 is 2.19 bits per heavy atom. The lowest BCUT2D eigenvalue weighted by atomic mass is 9.85. The summed E-state index contributed by atoms with van der Waals surface area (Å²) in [6.45, 7) is 6.61. The third kappa shape index (κ3) is 3.95. The van der Waals surface area contributed by atoms with E-state index in [2.05, 4.69) is 47.0 Å². The van der Waals surface area contributed by atoms with Crippen LogP contribution in [-0.2, 0) is 0 Å². The van der Waals surface area contributed by atoms with E-state index in [0.717, 1.165) is 16.7 Å². The van der Waals surface area contributed by atoms with E-state index in [-0.39, 0.29) is 5.41 Å². The van der Waals surface area contributed by atoms with E-state index < -0.39 is 0 Å². The van der Waals surface area contributed by atoms with Crippen LogP contribution in [0.25, 0.3) is 0 Å². The van der Waals surface area contributed by atoms with Gasteiger partial charge >= 0.3 is 0 Å². The number of halogens is 2. The Morgan fingerprint density at radius 3 is 2.69 bits per heavy atom. The lowest BCUT2D eigenvalue weighted by Crippen LogP contribution is -2.34. The third-order valence-electron chi connectivity index (χ3n) is 2.51. The average molecular weight is 306 g/mol. The molecular weight excluding hydrogens is 288 g/mol. The number of aromatic nitrogens is 1. The van der Waals surface area contributed by atoms with Gasteiger partial charge in [0.15, 0.2) is 0 Å². The molecule has 1 atom stereocenters. The zero-order valence-corrected chi connectivity index (χ0v) is 12.3. The molecular formula is C12H18BrClN2. The molecule has 1 aromatic heterocycles. The topological polar surface area (TPSA) is 24.9 Å². The molecule has 90 valence electrons. The van der Waals surface area contributed by atoms with E-state index in [9.17, 15) is 0 Å². The summed E-state index contributed by atoms with van der Waals surface area (Å²) in [5.41, 5.74) is 0.159. The zero-order chi connectivity index (χ0) is 12.2. The van der Waals surface area contributed by atoms with Crippen LogP contribution in [0.1, 0.15) is 27.2 Å². The number of pyridine rings is 1. The van der Waals surface area contributed by atoms with Crippen molar-refractivity contribution < 1.29 is 0 Å². The highest BCUT2D eigenvalue weighted by atomic mass is 79.9. The van der Waals surface area contributed by atoms with Gasteiger partial charge in [0.25, 0.3) is 0 Å². The van der Waals surface area contributed by atoms with E-state index in [0.29, 0.717) is 11.9 Å². The summed E-state index contributed by atoms with van der Waals surface area (Å²) >= 11 is 9.32. The van der Waals surface area contributed by atoms with Gasteiger partial charge < -0.3 is 5.32 Å². The monoisotopic (exact) mass is 304 g/mol. The van der Waals surface area contributed by atoms with Crippen molar-refractivity contribution in [1.29, 1.82) is 0 Å². The van der Waals surface area contributed by atoms with Crippen molar-refractivity contribution in [2.75, 3.05) is 11.2 Å². The van der Waals surface area contributed by atoms with Gasteiger partial charge in [0, 0.05) is 18.1 Å². The van der Waals surface area contributed by atoms with Gasteiger partial charge in [0.2, 0.25) is 0 Å². The van der Waals surface area contributed by atoms with Crippen molar-refractivity contribution in [1.82, 2.24) is 4.98 Å². The molecule has 0 spiro atoms. The molecule has 0 aliphatic heterocycles. The van der Waals surface area contributed by atoms with Crippen molar-refractivity contribution in [3.8, 4) is 0 Å². The minimum atomic E-state index is 0.159. The first kappa shape index (κ1) is 13.8. The first-order valence-corrected chi connectivity index (χ1v) is 6.71. The second-order valence-corrected chi connectivity index (χ2v) is 6.11. The summed E-state index contributed by atoms with van der Waals surface area (Å²) in [6.07, 6.45) is 2.71. The Kier molecular flexibility index (Phi) is 5.06. The molecule has 0 radical (unpaired) electrons. The number of nitrogens with zero attached hydrogens (tertiary/aromatic N) is 1. The van der Waals surface area contributed by atoms with Crippen LogP contribution in [0.5, 0.6) is 0 Å². The third-order valence-corrected chi connectivity index (χ3v) is 3.37. The number of anilines is 1. The zero-order valence-electron chi connectivity index (χ0n) is 9.93. The highest BCUT2D eigenvalue weighted by Crippen LogP contribution is 2.28. The van der Waals surface area contributed by atoms with Crippen LogP contribution in [0, 0.1) is 5.41 Å². The molecule has 16 heavy (non-hydrogen) atoms. The largest absolute Gasteiger partial charge is 0.366 e. The maximum atomic E-state index is 5.84. The fraction of sp³-hybridized carbons (Fsp3) is 0.583. The molecule has 0 aromatic carbocycles. The van der Waals surface area contributed by atoms with Gasteiger partial charge in [-0.05, 0) is 39.9 Å². The molecule has 0 amide bonds. The smallest absolute Gasteiger partial charge is 0.140 e. The molecule has 2 nitrogen and oxygen atoms in total. The van der Waals surface area contributed by atoms with E-state index in [4.69, 9.17) is 11.6 Å². The number of rotatable bonds is 4. The molecule has 0 aliphatic carbocycles. The van der Waals surface area contributed by atoms with E-state index >= 15 is 0 Å². The van der Waals surface area contributed by atoms with Gasteiger partial charge in [-0.3, -0.25) is 0 Å². The van der Waals surface area contributed by atoms with Crippen molar-refractivity contribution in [3.63, 3.8) is 0 Å². The fourth-order valence-electron chi connectivity index (χ4n) is 1.49. The van der Waals surface area contributed by atoms with E-state index in [1.807, 2.05) is 12.1 Å². The molecule has 1 heterocycles. The first-order chi connectivity index (χ1) is 7.45. The molecule has 0 saturated heterocycles. The van der Waals surface area contributed by atoms with Gasteiger partial charge in [0.1, 0.15) is 5.82 Å². The molecule has 0 fully saturated rings. The van der Waals surface area contributed by atoms with Crippen molar-refractivity contribution in [3.05, 3.63) is 22.8 Å². The fourth-order valence-corrected chi connectivity index (χ4v) is 2.08. The summed E-state index contributed by atoms with van der Waals surface area (Å²) in [5, 5.41) is 3.45. The summed E-state index contributed by atoms with van der Waals surface area (Å²) in [5.74, 6) is 1.53. The Hall–Kier alpha value is -0.280. The Morgan fingerprint density at radius 1 is 1.50 bits per heavy atom. The van der Waals surface area contributed by atoms with Crippen LogP contribution in [0.4, 0.5) is 5.82 Å². The second kappa shape index (κ2) is 5.87. The average Bonchev–Trinajstić information content (AvgIpc) is 2.19. The highest BCUT2D eigenvalue weighted by molar-refractivity contribution is 9.10. The molecule has 4 heteroatoms. The van der Waals surface area contributed by atoms with Gasteiger partial charge in [-0.1, -0.05) is 20.8 Å². The first-order valence-electron chi connectivity index (χ1n) is 5.38. The minimum Gasteiger partial charge on any atom is -0.366 e. The van der Waals surface area contributed by atoms with Crippen LogP contribution in [0.15, 0.2) is 22.8 Å². The van der Waals surface area contributed by atoms with Crippen molar-refractivity contribution in [2.24, 2.45) is 5.41 Å². The number of hydrogen-bond donors (Lipinski definition) is 1. The van der Waals surface area contributed by atoms with Crippen molar-refractivity contribution in [2.45, 2.75) is 33.2 Å². The van der Waals surface area contributed by atoms with E-state index in [1.54, 1.807) is 6.20 Å². The highest BCUT2D eigenvalue weighted by Gasteiger charge is 2.24. The molecule has 0 bridgehead atoms. The number of nitrogens with one attached hydrogen (secondary N) is 1. The lowest BCUT2D eigenvalue weighted by Gasteiger charge is -2.31. The molecule has 1 aromatic rings.